The van der Waals surface area contributed by atoms with Crippen LogP contribution in [-0.4, -0.2) is 55.2 Å². The lowest BCUT2D eigenvalue weighted by atomic mass is 9.89. The summed E-state index contributed by atoms with van der Waals surface area (Å²) in [6, 6.07) is 3.35. The third-order valence-corrected chi connectivity index (χ3v) is 7.31. The van der Waals surface area contributed by atoms with Gasteiger partial charge in [0, 0.05) is 0 Å². The zero-order valence-electron chi connectivity index (χ0n) is 25.9. The van der Waals surface area contributed by atoms with Crippen molar-refractivity contribution in [1.82, 2.24) is 0 Å². The van der Waals surface area contributed by atoms with Crippen LogP contribution in [0.1, 0.15) is 86.1 Å². The number of hydrogen-bond donors (Lipinski definition) is 1. The third kappa shape index (κ3) is 11.9. The van der Waals surface area contributed by atoms with Crippen LogP contribution in [-0.2, 0) is 35.0 Å². The van der Waals surface area contributed by atoms with Gasteiger partial charge in [-0.05, 0) is 69.6 Å². The molecule has 1 saturated carbocycles. The maximum absolute atomic E-state index is 12.6. The number of carbonyl (C=O) groups is 4. The summed E-state index contributed by atoms with van der Waals surface area (Å²) < 4.78 is 32.0. The monoisotopic (exact) mass is 593 g/mol. The Hall–Kier alpha value is -3.34. The first-order chi connectivity index (χ1) is 19.8. The van der Waals surface area contributed by atoms with Gasteiger partial charge in [0.15, 0.2) is 11.5 Å². The molecule has 11 heteroatoms. The molecule has 0 amide bonds. The summed E-state index contributed by atoms with van der Waals surface area (Å²) in [5.41, 5.74) is 6.61. The van der Waals surface area contributed by atoms with Gasteiger partial charge in [0.25, 0.3) is 0 Å². The van der Waals surface area contributed by atoms with Gasteiger partial charge in [0.2, 0.25) is 0 Å². The van der Waals surface area contributed by atoms with E-state index in [1.807, 2.05) is 27.7 Å². The molecule has 2 rings (SSSR count). The number of rotatable bonds is 13. The number of carbonyl (C=O) groups excluding carboxylic acids is 4. The Bertz CT molecular complexity index is 1050. The van der Waals surface area contributed by atoms with Crippen molar-refractivity contribution in [2.45, 2.75) is 111 Å². The Morgan fingerprint density at radius 3 is 1.88 bits per heavy atom. The number of ether oxygens (including phenoxy) is 6. The molecular weight excluding hydrogens is 546 g/mol. The van der Waals surface area contributed by atoms with Crippen LogP contribution in [0.2, 0.25) is 0 Å². The summed E-state index contributed by atoms with van der Waals surface area (Å²) in [6.07, 6.45) is 1.37. The molecule has 11 nitrogen and oxygen atoms in total. The van der Waals surface area contributed by atoms with Crippen molar-refractivity contribution in [3.8, 4) is 11.5 Å². The van der Waals surface area contributed by atoms with E-state index < -0.39 is 42.6 Å². The number of nitrogens with two attached hydrogens (primary N) is 1. The molecule has 0 saturated heterocycles. The zero-order chi connectivity index (χ0) is 31.4. The van der Waals surface area contributed by atoms with Crippen LogP contribution in [0, 0.1) is 17.8 Å². The second-order valence-corrected chi connectivity index (χ2v) is 11.6. The number of esters is 2. The topological polar surface area (TPSA) is 150 Å². The predicted molar refractivity (Wildman–Crippen MR) is 154 cm³/mol. The van der Waals surface area contributed by atoms with E-state index in [-0.39, 0.29) is 48.2 Å². The van der Waals surface area contributed by atoms with Gasteiger partial charge in [-0.2, -0.15) is 0 Å². The van der Waals surface area contributed by atoms with Crippen LogP contribution in [0.4, 0.5) is 9.59 Å². The molecule has 2 N–H and O–H groups in total. The molecule has 1 fully saturated rings. The van der Waals surface area contributed by atoms with Crippen LogP contribution in [0.5, 0.6) is 11.5 Å². The highest BCUT2D eigenvalue weighted by Crippen LogP contribution is 2.30. The van der Waals surface area contributed by atoms with E-state index in [4.69, 9.17) is 34.2 Å². The van der Waals surface area contributed by atoms with E-state index in [1.165, 1.54) is 12.1 Å². The summed E-state index contributed by atoms with van der Waals surface area (Å²) in [7, 11) is 0. The predicted octanol–water partition coefficient (Wildman–Crippen LogP) is 5.73. The molecule has 0 aromatic heterocycles. The zero-order valence-corrected chi connectivity index (χ0v) is 25.9. The number of benzene rings is 1. The van der Waals surface area contributed by atoms with Crippen molar-refractivity contribution >= 4 is 24.2 Å². The van der Waals surface area contributed by atoms with E-state index >= 15 is 0 Å². The van der Waals surface area contributed by atoms with Crippen LogP contribution >= 0.6 is 0 Å². The van der Waals surface area contributed by atoms with E-state index in [9.17, 15) is 19.2 Å². The molecule has 0 bridgehead atoms. The van der Waals surface area contributed by atoms with Crippen LogP contribution in [0.3, 0.4) is 0 Å². The average molecular weight is 594 g/mol. The molecule has 1 aliphatic carbocycles. The molecule has 0 radical (unpaired) electrons. The molecular formula is C31H47NO10. The van der Waals surface area contributed by atoms with Crippen molar-refractivity contribution in [3.63, 3.8) is 0 Å². The van der Waals surface area contributed by atoms with Gasteiger partial charge in [-0.3, -0.25) is 9.59 Å². The molecule has 236 valence electrons. The molecule has 1 aromatic rings. The molecule has 2 unspecified atom stereocenters. The minimum Gasteiger partial charge on any atom is -0.462 e. The first-order valence-corrected chi connectivity index (χ1v) is 14.8. The molecule has 42 heavy (non-hydrogen) atoms. The van der Waals surface area contributed by atoms with Crippen molar-refractivity contribution in [3.05, 3.63) is 23.8 Å². The maximum Gasteiger partial charge on any atom is 0.514 e. The second-order valence-electron chi connectivity index (χ2n) is 11.6. The van der Waals surface area contributed by atoms with E-state index in [2.05, 4.69) is 0 Å². The van der Waals surface area contributed by atoms with Gasteiger partial charge in [0.1, 0.15) is 31.0 Å². The van der Waals surface area contributed by atoms with E-state index in [1.54, 1.807) is 26.8 Å². The smallest absolute Gasteiger partial charge is 0.462 e. The fourth-order valence-corrected chi connectivity index (χ4v) is 3.96. The second kappa shape index (κ2) is 16.9. The normalized spacial score (nSPS) is 16.6. The number of hydrogen-bond acceptors (Lipinski definition) is 11. The van der Waals surface area contributed by atoms with E-state index in [0.29, 0.717) is 5.56 Å². The quantitative estimate of drug-likeness (QED) is 0.170. The maximum atomic E-state index is 12.6. The molecule has 0 aliphatic heterocycles. The Kier molecular flexibility index (Phi) is 14.1. The van der Waals surface area contributed by atoms with Gasteiger partial charge in [-0.1, -0.05) is 53.0 Å². The van der Waals surface area contributed by atoms with Crippen molar-refractivity contribution < 1.29 is 47.6 Å². The first kappa shape index (κ1) is 34.9. The Balaban J connectivity index is 2.04. The van der Waals surface area contributed by atoms with Gasteiger partial charge >= 0.3 is 24.2 Å². The summed E-state index contributed by atoms with van der Waals surface area (Å²) in [4.78, 5) is 49.7. The average Bonchev–Trinajstić information content (AvgIpc) is 2.93. The highest BCUT2D eigenvalue weighted by molar-refractivity contribution is 5.76. The van der Waals surface area contributed by atoms with E-state index in [0.717, 1.165) is 32.1 Å². The lowest BCUT2D eigenvalue weighted by Crippen LogP contribution is -2.37. The summed E-state index contributed by atoms with van der Waals surface area (Å²) in [6.45, 7) is 12.6. The largest absolute Gasteiger partial charge is 0.514 e. The lowest BCUT2D eigenvalue weighted by molar-refractivity contribution is -0.161. The van der Waals surface area contributed by atoms with Crippen LogP contribution in [0.25, 0.3) is 0 Å². The van der Waals surface area contributed by atoms with Gasteiger partial charge in [-0.15, -0.1) is 0 Å². The van der Waals surface area contributed by atoms with Crippen molar-refractivity contribution in [1.29, 1.82) is 0 Å². The minimum absolute atomic E-state index is 0.0241. The molecule has 1 aromatic carbocycles. The Labute approximate surface area is 248 Å². The van der Waals surface area contributed by atoms with Crippen molar-refractivity contribution in [2.24, 2.45) is 23.5 Å². The molecule has 0 spiro atoms. The highest BCUT2D eigenvalue weighted by Gasteiger charge is 2.26. The van der Waals surface area contributed by atoms with Gasteiger partial charge < -0.3 is 34.2 Å². The highest BCUT2D eigenvalue weighted by atomic mass is 16.8. The van der Waals surface area contributed by atoms with Crippen LogP contribution < -0.4 is 15.2 Å². The fraction of sp³-hybridized carbons (Fsp3) is 0.677. The standard InChI is InChI=1S/C31H47NO10/c1-18(2)21(6)39-30(35)41-26-14-13-23(16-27(26)42-31(36)40-22(7)19(3)4)15-25(32)29(34)38-20(5)17-37-28(33)24-11-9-8-10-12-24/h13-14,16,18-22,24-25H,8-12,15,17,32H2,1-7H3/t20?,21-,22?,25-/m0/s1. The van der Waals surface area contributed by atoms with Crippen LogP contribution in [0.15, 0.2) is 18.2 Å². The lowest BCUT2D eigenvalue weighted by Gasteiger charge is -2.22. The fourth-order valence-electron chi connectivity index (χ4n) is 3.96. The molecule has 1 aliphatic rings. The van der Waals surface area contributed by atoms with Gasteiger partial charge in [-0.25, -0.2) is 9.59 Å². The minimum atomic E-state index is -1.06. The Morgan fingerprint density at radius 2 is 1.33 bits per heavy atom. The summed E-state index contributed by atoms with van der Waals surface area (Å²) in [5.74, 6) is -1.11. The Morgan fingerprint density at radius 1 is 0.786 bits per heavy atom. The molecule has 0 heterocycles. The third-order valence-electron chi connectivity index (χ3n) is 7.31. The first-order valence-electron chi connectivity index (χ1n) is 14.8. The summed E-state index contributed by atoms with van der Waals surface area (Å²) in [5, 5.41) is 0. The van der Waals surface area contributed by atoms with Crippen molar-refractivity contribution in [2.75, 3.05) is 6.61 Å². The molecule has 4 atom stereocenters. The van der Waals surface area contributed by atoms with Gasteiger partial charge in [0.05, 0.1) is 5.92 Å². The summed E-state index contributed by atoms with van der Waals surface area (Å²) >= 11 is 0. The SMILES string of the molecule is CC(COC(=O)C1CCCCC1)OC(=O)[C@@H](N)Cc1ccc(OC(=O)O[C@@H](C)C(C)C)c(OC(=O)OC(C)C(C)C)c1.